The number of carbonyl (C=O) groups is 1. The molecule has 0 aliphatic heterocycles. The Bertz CT molecular complexity index is 715. The topological polar surface area (TPSA) is 48.0 Å². The van der Waals surface area contributed by atoms with Gasteiger partial charge < -0.3 is 19.1 Å². The highest BCUT2D eigenvalue weighted by Crippen LogP contribution is 2.28. The Labute approximate surface area is 149 Å². The minimum atomic E-state index is -0.00441. The molecule has 25 heavy (non-hydrogen) atoms. The van der Waals surface area contributed by atoms with Crippen LogP contribution in [-0.4, -0.2) is 38.7 Å². The van der Waals surface area contributed by atoms with Gasteiger partial charge in [-0.25, -0.2) is 0 Å². The molecule has 0 spiro atoms. The smallest absolute Gasteiger partial charge is 0.254 e. The first-order chi connectivity index (χ1) is 12.1. The molecule has 0 saturated carbocycles. The van der Waals surface area contributed by atoms with Crippen LogP contribution in [0.1, 0.15) is 28.4 Å². The summed E-state index contributed by atoms with van der Waals surface area (Å²) < 4.78 is 15.7. The molecule has 5 nitrogen and oxygen atoms in total. The van der Waals surface area contributed by atoms with Gasteiger partial charge in [-0.3, -0.25) is 4.79 Å². The molecule has 0 saturated heterocycles. The van der Waals surface area contributed by atoms with Crippen molar-refractivity contribution >= 4 is 5.91 Å². The molecule has 2 rings (SSSR count). The molecule has 0 aliphatic carbocycles. The van der Waals surface area contributed by atoms with Gasteiger partial charge in [0.1, 0.15) is 0 Å². The number of hydrogen-bond donors (Lipinski definition) is 0. The maximum absolute atomic E-state index is 12.8. The molecule has 0 heterocycles. The van der Waals surface area contributed by atoms with E-state index >= 15 is 0 Å². The summed E-state index contributed by atoms with van der Waals surface area (Å²) in [7, 11) is 4.85. The summed E-state index contributed by atoms with van der Waals surface area (Å²) in [5, 5.41) is 0. The normalized spacial score (nSPS) is 10.4. The summed E-state index contributed by atoms with van der Waals surface area (Å²) in [4.78, 5) is 14.6. The first-order valence-corrected chi connectivity index (χ1v) is 8.21. The molecule has 0 aliphatic rings. The van der Waals surface area contributed by atoms with Crippen LogP contribution in [-0.2, 0) is 17.9 Å². The summed E-state index contributed by atoms with van der Waals surface area (Å²) in [6, 6.07) is 13.2. The molecule has 134 valence electrons. The lowest BCUT2D eigenvalue weighted by Crippen LogP contribution is -2.30. The van der Waals surface area contributed by atoms with Crippen LogP contribution in [0.5, 0.6) is 11.5 Å². The average Bonchev–Trinajstić information content (AvgIpc) is 2.65. The number of benzene rings is 2. The molecule has 0 bridgehead atoms. The van der Waals surface area contributed by atoms with Crippen molar-refractivity contribution in [1.82, 2.24) is 4.90 Å². The Hall–Kier alpha value is -2.53. The minimum Gasteiger partial charge on any atom is -0.493 e. The van der Waals surface area contributed by atoms with E-state index in [1.165, 1.54) is 0 Å². The van der Waals surface area contributed by atoms with E-state index in [2.05, 4.69) is 0 Å². The molecular weight excluding hydrogens is 318 g/mol. The van der Waals surface area contributed by atoms with Gasteiger partial charge in [0, 0.05) is 25.8 Å². The summed E-state index contributed by atoms with van der Waals surface area (Å²) >= 11 is 0. The van der Waals surface area contributed by atoms with E-state index in [1.54, 1.807) is 26.2 Å². The van der Waals surface area contributed by atoms with E-state index in [4.69, 9.17) is 14.2 Å². The third-order valence-electron chi connectivity index (χ3n) is 3.98. The Morgan fingerprint density at radius 2 is 1.72 bits per heavy atom. The number of hydrogen-bond acceptors (Lipinski definition) is 4. The summed E-state index contributed by atoms with van der Waals surface area (Å²) in [5.74, 6) is 1.33. The molecular formula is C20H25NO4. The van der Waals surface area contributed by atoms with Gasteiger partial charge in [0.2, 0.25) is 0 Å². The van der Waals surface area contributed by atoms with Crippen molar-refractivity contribution in [2.24, 2.45) is 0 Å². The fourth-order valence-corrected chi connectivity index (χ4v) is 2.67. The van der Waals surface area contributed by atoms with Crippen molar-refractivity contribution in [3.63, 3.8) is 0 Å². The summed E-state index contributed by atoms with van der Waals surface area (Å²) in [6.07, 6.45) is 0. The van der Waals surface area contributed by atoms with Crippen LogP contribution >= 0.6 is 0 Å². The van der Waals surface area contributed by atoms with Gasteiger partial charge in [0.05, 0.1) is 20.8 Å². The number of ether oxygens (including phenoxy) is 3. The monoisotopic (exact) mass is 343 g/mol. The van der Waals surface area contributed by atoms with Crippen LogP contribution in [0.4, 0.5) is 0 Å². The maximum Gasteiger partial charge on any atom is 0.254 e. The summed E-state index contributed by atoms with van der Waals surface area (Å²) in [5.41, 5.74) is 2.63. The lowest BCUT2D eigenvalue weighted by Gasteiger charge is -2.22. The molecule has 2 aromatic carbocycles. The summed E-state index contributed by atoms with van der Waals surface area (Å²) in [6.45, 7) is 3.58. The third-order valence-corrected chi connectivity index (χ3v) is 3.98. The van der Waals surface area contributed by atoms with E-state index in [1.807, 2.05) is 49.4 Å². The van der Waals surface area contributed by atoms with Crippen LogP contribution in [0.3, 0.4) is 0 Å². The Kier molecular flexibility index (Phi) is 6.83. The molecule has 0 N–H and O–H groups in total. The number of carbonyl (C=O) groups excluding carboxylic acids is 1. The van der Waals surface area contributed by atoms with E-state index in [9.17, 15) is 4.79 Å². The second-order valence-corrected chi connectivity index (χ2v) is 5.64. The minimum absolute atomic E-state index is 0.00441. The van der Waals surface area contributed by atoms with Crippen LogP contribution in [0.2, 0.25) is 0 Å². The molecule has 0 aromatic heterocycles. The van der Waals surface area contributed by atoms with E-state index < -0.39 is 0 Å². The molecule has 1 amide bonds. The van der Waals surface area contributed by atoms with Crippen molar-refractivity contribution in [1.29, 1.82) is 0 Å². The van der Waals surface area contributed by atoms with Gasteiger partial charge in [-0.05, 0) is 42.3 Å². The zero-order valence-electron chi connectivity index (χ0n) is 15.2. The zero-order chi connectivity index (χ0) is 18.2. The number of methoxy groups -OCH3 is 3. The molecule has 0 radical (unpaired) electrons. The van der Waals surface area contributed by atoms with Crippen molar-refractivity contribution in [2.45, 2.75) is 20.1 Å². The second kappa shape index (κ2) is 9.08. The van der Waals surface area contributed by atoms with Crippen LogP contribution < -0.4 is 9.47 Å². The molecule has 0 atom stereocenters. The first kappa shape index (κ1) is 18.8. The number of nitrogens with zero attached hydrogens (tertiary/aromatic N) is 1. The SMILES string of the molecule is CCN(Cc1ccc(OC)c(OC)c1)C(=O)c1cccc(COC)c1. The van der Waals surface area contributed by atoms with E-state index in [-0.39, 0.29) is 5.91 Å². The quantitative estimate of drug-likeness (QED) is 0.736. The van der Waals surface area contributed by atoms with Gasteiger partial charge in [0.25, 0.3) is 5.91 Å². The number of rotatable bonds is 8. The molecule has 5 heteroatoms. The largest absolute Gasteiger partial charge is 0.493 e. The lowest BCUT2D eigenvalue weighted by molar-refractivity contribution is 0.0752. The Morgan fingerprint density at radius 3 is 2.36 bits per heavy atom. The Balaban J connectivity index is 2.19. The highest BCUT2D eigenvalue weighted by atomic mass is 16.5. The second-order valence-electron chi connectivity index (χ2n) is 5.64. The van der Waals surface area contributed by atoms with Crippen molar-refractivity contribution < 1.29 is 19.0 Å². The van der Waals surface area contributed by atoms with Gasteiger partial charge in [-0.15, -0.1) is 0 Å². The van der Waals surface area contributed by atoms with Crippen LogP contribution in [0.15, 0.2) is 42.5 Å². The molecule has 0 unspecified atom stereocenters. The standard InChI is InChI=1S/C20H25NO4/c1-5-21(13-15-9-10-18(24-3)19(12-15)25-4)20(22)17-8-6-7-16(11-17)14-23-2/h6-12H,5,13-14H2,1-4H3. The lowest BCUT2D eigenvalue weighted by atomic mass is 10.1. The van der Waals surface area contributed by atoms with Gasteiger partial charge >= 0.3 is 0 Å². The maximum atomic E-state index is 12.8. The molecule has 0 fully saturated rings. The van der Waals surface area contributed by atoms with Crippen molar-refractivity contribution in [2.75, 3.05) is 27.9 Å². The van der Waals surface area contributed by atoms with E-state index in [0.29, 0.717) is 36.8 Å². The Morgan fingerprint density at radius 1 is 0.960 bits per heavy atom. The zero-order valence-corrected chi connectivity index (χ0v) is 15.2. The first-order valence-electron chi connectivity index (χ1n) is 8.21. The predicted molar refractivity (Wildman–Crippen MR) is 97.1 cm³/mol. The van der Waals surface area contributed by atoms with E-state index in [0.717, 1.165) is 11.1 Å². The molecule has 2 aromatic rings. The third kappa shape index (κ3) is 4.73. The van der Waals surface area contributed by atoms with Crippen molar-refractivity contribution in [3.05, 3.63) is 59.2 Å². The fourth-order valence-electron chi connectivity index (χ4n) is 2.67. The number of amides is 1. The van der Waals surface area contributed by atoms with Crippen LogP contribution in [0, 0.1) is 0 Å². The average molecular weight is 343 g/mol. The van der Waals surface area contributed by atoms with Gasteiger partial charge in [0.15, 0.2) is 11.5 Å². The van der Waals surface area contributed by atoms with Gasteiger partial charge in [-0.1, -0.05) is 18.2 Å². The highest BCUT2D eigenvalue weighted by Gasteiger charge is 2.16. The van der Waals surface area contributed by atoms with Crippen LogP contribution in [0.25, 0.3) is 0 Å². The van der Waals surface area contributed by atoms with Gasteiger partial charge in [-0.2, -0.15) is 0 Å². The highest BCUT2D eigenvalue weighted by molar-refractivity contribution is 5.94. The fraction of sp³-hybridized carbons (Fsp3) is 0.350. The van der Waals surface area contributed by atoms with Crippen molar-refractivity contribution in [3.8, 4) is 11.5 Å². The predicted octanol–water partition coefficient (Wildman–Crippen LogP) is 3.51.